The van der Waals surface area contributed by atoms with Gasteiger partial charge in [-0.3, -0.25) is 9.48 Å². The molecular weight excluding hydrogens is 194 g/mol. The Kier molecular flexibility index (Phi) is 2.73. The minimum atomic E-state index is -0.0281. The van der Waals surface area contributed by atoms with Crippen LogP contribution in [-0.4, -0.2) is 44.9 Å². The third-order valence-corrected chi connectivity index (χ3v) is 2.80. The molecule has 1 aliphatic rings. The van der Waals surface area contributed by atoms with Crippen molar-refractivity contribution >= 4 is 5.91 Å². The van der Waals surface area contributed by atoms with Gasteiger partial charge in [0.05, 0.1) is 24.4 Å². The van der Waals surface area contributed by atoms with E-state index >= 15 is 0 Å². The van der Waals surface area contributed by atoms with Crippen LogP contribution in [0.2, 0.25) is 0 Å². The molecule has 1 saturated heterocycles. The van der Waals surface area contributed by atoms with E-state index in [2.05, 4.69) is 5.10 Å². The summed E-state index contributed by atoms with van der Waals surface area (Å²) < 4.78 is 1.61. The molecule has 5 nitrogen and oxygen atoms in total. The van der Waals surface area contributed by atoms with Crippen LogP contribution < -0.4 is 0 Å². The molecule has 0 radical (unpaired) electrons. The molecule has 1 aromatic rings. The Hall–Kier alpha value is -1.36. The number of aliphatic hydroxyl groups is 1. The lowest BCUT2D eigenvalue weighted by molar-refractivity contribution is 0.0677. The summed E-state index contributed by atoms with van der Waals surface area (Å²) in [6.07, 6.45) is 5.13. The second kappa shape index (κ2) is 4.02. The highest BCUT2D eigenvalue weighted by atomic mass is 16.3. The van der Waals surface area contributed by atoms with Crippen LogP contribution in [0.3, 0.4) is 0 Å². The van der Waals surface area contributed by atoms with E-state index in [0.29, 0.717) is 5.56 Å². The van der Waals surface area contributed by atoms with Crippen LogP contribution in [0, 0.1) is 0 Å². The number of likely N-dealkylation sites (tertiary alicyclic amines) is 1. The zero-order valence-corrected chi connectivity index (χ0v) is 8.76. The van der Waals surface area contributed by atoms with Crippen LogP contribution in [-0.2, 0) is 7.05 Å². The average Bonchev–Trinajstić information content (AvgIpc) is 2.84. The predicted octanol–water partition coefficient (Wildman–Crippen LogP) is 0.0170. The van der Waals surface area contributed by atoms with Gasteiger partial charge in [-0.1, -0.05) is 0 Å². The van der Waals surface area contributed by atoms with E-state index in [1.807, 2.05) is 0 Å². The largest absolute Gasteiger partial charge is 0.394 e. The first kappa shape index (κ1) is 10.2. The predicted molar refractivity (Wildman–Crippen MR) is 54.4 cm³/mol. The number of carbonyl (C=O) groups is 1. The van der Waals surface area contributed by atoms with Crippen molar-refractivity contribution in [1.82, 2.24) is 14.7 Å². The molecule has 1 amide bonds. The van der Waals surface area contributed by atoms with Crippen molar-refractivity contribution < 1.29 is 9.90 Å². The molecule has 1 unspecified atom stereocenters. The lowest BCUT2D eigenvalue weighted by Gasteiger charge is -2.22. The number of hydrogen-bond donors (Lipinski definition) is 1. The number of hydrogen-bond acceptors (Lipinski definition) is 3. The topological polar surface area (TPSA) is 58.4 Å². The zero-order chi connectivity index (χ0) is 10.8. The number of rotatable bonds is 2. The van der Waals surface area contributed by atoms with Crippen LogP contribution >= 0.6 is 0 Å². The van der Waals surface area contributed by atoms with Gasteiger partial charge in [-0.2, -0.15) is 5.10 Å². The molecule has 15 heavy (non-hydrogen) atoms. The smallest absolute Gasteiger partial charge is 0.257 e. The molecule has 0 spiro atoms. The Labute approximate surface area is 88.3 Å². The van der Waals surface area contributed by atoms with Crippen LogP contribution in [0.15, 0.2) is 12.4 Å². The third-order valence-electron chi connectivity index (χ3n) is 2.80. The summed E-state index contributed by atoms with van der Waals surface area (Å²) in [7, 11) is 1.78. The summed E-state index contributed by atoms with van der Waals surface area (Å²) in [5.41, 5.74) is 0.595. The number of amides is 1. The van der Waals surface area contributed by atoms with Gasteiger partial charge >= 0.3 is 0 Å². The Bertz CT molecular complexity index is 361. The van der Waals surface area contributed by atoms with Crippen molar-refractivity contribution in [3.63, 3.8) is 0 Å². The average molecular weight is 209 g/mol. The molecular formula is C10H15N3O2. The molecule has 1 aromatic heterocycles. The highest BCUT2D eigenvalue weighted by molar-refractivity contribution is 5.94. The van der Waals surface area contributed by atoms with Crippen molar-refractivity contribution in [2.45, 2.75) is 18.9 Å². The van der Waals surface area contributed by atoms with Gasteiger partial charge in [0.25, 0.3) is 5.91 Å². The second-order valence-corrected chi connectivity index (χ2v) is 3.88. The standard InChI is InChI=1S/C10H15N3O2/c1-12-6-8(5-11-12)10(15)13-4-2-3-9(13)7-14/h5-6,9,14H,2-4,7H2,1H3. The molecule has 1 atom stereocenters. The minimum absolute atomic E-state index is 0.0160. The maximum Gasteiger partial charge on any atom is 0.257 e. The fraction of sp³-hybridized carbons (Fsp3) is 0.600. The summed E-state index contributed by atoms with van der Waals surface area (Å²) in [5, 5.41) is 13.1. The van der Waals surface area contributed by atoms with Gasteiger partial charge in [-0.15, -0.1) is 0 Å². The fourth-order valence-electron chi connectivity index (χ4n) is 1.99. The lowest BCUT2D eigenvalue weighted by Crippen LogP contribution is -2.37. The molecule has 82 valence electrons. The molecule has 2 rings (SSSR count). The van der Waals surface area contributed by atoms with Crippen molar-refractivity contribution in [3.05, 3.63) is 18.0 Å². The lowest BCUT2D eigenvalue weighted by atomic mass is 10.2. The maximum atomic E-state index is 12.0. The molecule has 0 aromatic carbocycles. The van der Waals surface area contributed by atoms with Crippen molar-refractivity contribution in [2.75, 3.05) is 13.2 Å². The van der Waals surface area contributed by atoms with Gasteiger partial charge in [-0.25, -0.2) is 0 Å². The van der Waals surface area contributed by atoms with E-state index in [9.17, 15) is 4.79 Å². The molecule has 2 heterocycles. The molecule has 1 fully saturated rings. The SMILES string of the molecule is Cn1cc(C(=O)N2CCCC2CO)cn1. The number of aryl methyl sites for hydroxylation is 1. The van der Waals surface area contributed by atoms with E-state index in [4.69, 9.17) is 5.11 Å². The fourth-order valence-corrected chi connectivity index (χ4v) is 1.99. The molecule has 0 aliphatic carbocycles. The summed E-state index contributed by atoms with van der Waals surface area (Å²) in [6, 6.07) is -0.0160. The van der Waals surface area contributed by atoms with Crippen LogP contribution in [0.1, 0.15) is 23.2 Å². The first-order chi connectivity index (χ1) is 7.22. The van der Waals surface area contributed by atoms with Crippen molar-refractivity contribution in [3.8, 4) is 0 Å². The zero-order valence-electron chi connectivity index (χ0n) is 8.76. The summed E-state index contributed by atoms with van der Waals surface area (Å²) in [4.78, 5) is 13.7. The van der Waals surface area contributed by atoms with Crippen LogP contribution in [0.25, 0.3) is 0 Å². The Morgan fingerprint density at radius 1 is 1.73 bits per heavy atom. The normalized spacial score (nSPS) is 20.9. The Morgan fingerprint density at radius 2 is 2.53 bits per heavy atom. The van der Waals surface area contributed by atoms with Crippen LogP contribution in [0.5, 0.6) is 0 Å². The number of carbonyl (C=O) groups excluding carboxylic acids is 1. The van der Waals surface area contributed by atoms with E-state index in [-0.39, 0.29) is 18.6 Å². The summed E-state index contributed by atoms with van der Waals surface area (Å²) in [6.45, 7) is 0.783. The quantitative estimate of drug-likeness (QED) is 0.747. The van der Waals surface area contributed by atoms with Crippen molar-refractivity contribution in [1.29, 1.82) is 0 Å². The summed E-state index contributed by atoms with van der Waals surface area (Å²) in [5.74, 6) is -0.0281. The van der Waals surface area contributed by atoms with E-state index in [1.54, 1.807) is 29.0 Å². The second-order valence-electron chi connectivity index (χ2n) is 3.88. The molecule has 5 heteroatoms. The van der Waals surface area contributed by atoms with Gasteiger partial charge in [0, 0.05) is 19.8 Å². The minimum Gasteiger partial charge on any atom is -0.394 e. The van der Waals surface area contributed by atoms with Gasteiger partial charge in [-0.05, 0) is 12.8 Å². The van der Waals surface area contributed by atoms with E-state index in [0.717, 1.165) is 19.4 Å². The van der Waals surface area contributed by atoms with Gasteiger partial charge in [0.1, 0.15) is 0 Å². The van der Waals surface area contributed by atoms with Gasteiger partial charge in [0.2, 0.25) is 0 Å². The highest BCUT2D eigenvalue weighted by Crippen LogP contribution is 2.19. The molecule has 0 saturated carbocycles. The number of aliphatic hydroxyl groups excluding tert-OH is 1. The maximum absolute atomic E-state index is 12.0. The van der Waals surface area contributed by atoms with Gasteiger partial charge in [0.15, 0.2) is 0 Å². The number of nitrogens with zero attached hydrogens (tertiary/aromatic N) is 3. The Morgan fingerprint density at radius 3 is 3.13 bits per heavy atom. The first-order valence-corrected chi connectivity index (χ1v) is 5.13. The highest BCUT2D eigenvalue weighted by Gasteiger charge is 2.29. The molecule has 1 aliphatic heterocycles. The van der Waals surface area contributed by atoms with Crippen molar-refractivity contribution in [2.24, 2.45) is 7.05 Å². The van der Waals surface area contributed by atoms with Gasteiger partial charge < -0.3 is 10.0 Å². The van der Waals surface area contributed by atoms with E-state index < -0.39 is 0 Å². The first-order valence-electron chi connectivity index (χ1n) is 5.13. The Balaban J connectivity index is 2.13. The third kappa shape index (κ3) is 1.87. The molecule has 1 N–H and O–H groups in total. The molecule has 0 bridgehead atoms. The summed E-state index contributed by atoms with van der Waals surface area (Å²) >= 11 is 0. The monoisotopic (exact) mass is 209 g/mol. The van der Waals surface area contributed by atoms with E-state index in [1.165, 1.54) is 0 Å². The number of aromatic nitrogens is 2. The van der Waals surface area contributed by atoms with Crippen LogP contribution in [0.4, 0.5) is 0 Å².